The standard InChI is InChI=1S/C20H24N4O/c1-23-10-8-21-19(23)11-15-5-4-9-24(14-15)20(25)12-16-13-22-18-7-3-2-6-17(16)18/h2-3,6-8,10,13,15,22H,4-5,9,11-12,14H2,1H3. The number of para-hydroxylation sites is 1. The fourth-order valence-corrected chi connectivity index (χ4v) is 3.86. The number of carbonyl (C=O) groups excluding carboxylic acids is 1. The van der Waals surface area contributed by atoms with Gasteiger partial charge < -0.3 is 14.5 Å². The highest BCUT2D eigenvalue weighted by molar-refractivity contribution is 5.88. The number of imidazole rings is 1. The van der Waals surface area contributed by atoms with Crippen LogP contribution in [0, 0.1) is 5.92 Å². The zero-order valence-corrected chi connectivity index (χ0v) is 14.6. The lowest BCUT2D eigenvalue weighted by Crippen LogP contribution is -2.41. The molecule has 0 radical (unpaired) electrons. The summed E-state index contributed by atoms with van der Waals surface area (Å²) in [5, 5.41) is 1.15. The topological polar surface area (TPSA) is 53.9 Å². The van der Waals surface area contributed by atoms with E-state index in [-0.39, 0.29) is 5.91 Å². The number of fused-ring (bicyclic) bond motifs is 1. The van der Waals surface area contributed by atoms with E-state index in [1.54, 1.807) is 0 Å². The average molecular weight is 336 g/mol. The Balaban J connectivity index is 1.42. The highest BCUT2D eigenvalue weighted by Crippen LogP contribution is 2.23. The second-order valence-corrected chi connectivity index (χ2v) is 7.04. The Kier molecular flexibility index (Phi) is 4.30. The molecule has 25 heavy (non-hydrogen) atoms. The van der Waals surface area contributed by atoms with Crippen molar-refractivity contribution in [2.75, 3.05) is 13.1 Å². The van der Waals surface area contributed by atoms with Crippen LogP contribution in [0.15, 0.2) is 42.9 Å². The number of rotatable bonds is 4. The molecule has 3 heterocycles. The largest absolute Gasteiger partial charge is 0.361 e. The van der Waals surface area contributed by atoms with Crippen LogP contribution < -0.4 is 0 Å². The van der Waals surface area contributed by atoms with E-state index >= 15 is 0 Å². The smallest absolute Gasteiger partial charge is 0.227 e. The molecule has 2 aromatic heterocycles. The molecule has 5 heteroatoms. The molecule has 1 aliphatic heterocycles. The van der Waals surface area contributed by atoms with Gasteiger partial charge in [0.25, 0.3) is 0 Å². The third-order valence-corrected chi connectivity index (χ3v) is 5.28. The summed E-state index contributed by atoms with van der Waals surface area (Å²) in [5.41, 5.74) is 2.18. The number of benzene rings is 1. The van der Waals surface area contributed by atoms with Crippen molar-refractivity contribution in [3.8, 4) is 0 Å². The Morgan fingerprint density at radius 3 is 3.08 bits per heavy atom. The number of likely N-dealkylation sites (tertiary alicyclic amines) is 1. The zero-order valence-electron chi connectivity index (χ0n) is 14.6. The van der Waals surface area contributed by atoms with E-state index in [0.717, 1.165) is 48.2 Å². The number of hydrogen-bond donors (Lipinski definition) is 1. The van der Waals surface area contributed by atoms with Crippen LogP contribution in [-0.4, -0.2) is 38.4 Å². The maximum absolute atomic E-state index is 12.8. The van der Waals surface area contributed by atoms with Gasteiger partial charge in [0.05, 0.1) is 6.42 Å². The van der Waals surface area contributed by atoms with Gasteiger partial charge in [0.15, 0.2) is 0 Å². The van der Waals surface area contributed by atoms with Gasteiger partial charge in [0.1, 0.15) is 5.82 Å². The summed E-state index contributed by atoms with van der Waals surface area (Å²) in [6.07, 6.45) is 9.46. The number of carbonyl (C=O) groups is 1. The number of aryl methyl sites for hydroxylation is 1. The minimum Gasteiger partial charge on any atom is -0.361 e. The first-order valence-electron chi connectivity index (χ1n) is 8.99. The molecule has 1 amide bonds. The number of aromatic nitrogens is 3. The van der Waals surface area contributed by atoms with Crippen LogP contribution in [0.4, 0.5) is 0 Å². The monoisotopic (exact) mass is 336 g/mol. The number of nitrogens with zero attached hydrogens (tertiary/aromatic N) is 3. The quantitative estimate of drug-likeness (QED) is 0.796. The predicted octanol–water partition coefficient (Wildman–Crippen LogP) is 2.93. The molecule has 5 nitrogen and oxygen atoms in total. The van der Waals surface area contributed by atoms with Crippen molar-refractivity contribution in [3.05, 3.63) is 54.2 Å². The van der Waals surface area contributed by atoms with Crippen molar-refractivity contribution >= 4 is 16.8 Å². The molecule has 1 unspecified atom stereocenters. The van der Waals surface area contributed by atoms with Gasteiger partial charge in [-0.1, -0.05) is 18.2 Å². The van der Waals surface area contributed by atoms with E-state index in [9.17, 15) is 4.79 Å². The molecule has 1 aliphatic rings. The number of nitrogens with one attached hydrogen (secondary N) is 1. The van der Waals surface area contributed by atoms with Gasteiger partial charge in [0, 0.05) is 56.1 Å². The molecule has 0 spiro atoms. The lowest BCUT2D eigenvalue weighted by atomic mass is 9.94. The van der Waals surface area contributed by atoms with Crippen molar-refractivity contribution in [2.24, 2.45) is 13.0 Å². The molecule has 1 aromatic carbocycles. The van der Waals surface area contributed by atoms with Gasteiger partial charge in [-0.15, -0.1) is 0 Å². The fraction of sp³-hybridized carbons (Fsp3) is 0.400. The van der Waals surface area contributed by atoms with Gasteiger partial charge in [-0.05, 0) is 30.4 Å². The van der Waals surface area contributed by atoms with Crippen molar-refractivity contribution in [3.63, 3.8) is 0 Å². The average Bonchev–Trinajstić information content (AvgIpc) is 3.22. The highest BCUT2D eigenvalue weighted by Gasteiger charge is 2.25. The van der Waals surface area contributed by atoms with E-state index in [1.165, 1.54) is 6.42 Å². The first-order valence-corrected chi connectivity index (χ1v) is 8.99. The summed E-state index contributed by atoms with van der Waals surface area (Å²) in [6, 6.07) is 8.16. The molecule has 1 atom stereocenters. The second kappa shape index (κ2) is 6.75. The first-order chi connectivity index (χ1) is 12.2. The minimum absolute atomic E-state index is 0.231. The molecule has 130 valence electrons. The molecule has 1 fully saturated rings. The van der Waals surface area contributed by atoms with E-state index in [4.69, 9.17) is 0 Å². The van der Waals surface area contributed by atoms with Crippen molar-refractivity contribution < 1.29 is 4.79 Å². The van der Waals surface area contributed by atoms with Crippen LogP contribution in [-0.2, 0) is 24.7 Å². The van der Waals surface area contributed by atoms with E-state index in [0.29, 0.717) is 12.3 Å². The van der Waals surface area contributed by atoms with Crippen LogP contribution in [0.2, 0.25) is 0 Å². The molecule has 4 rings (SSSR count). The number of H-pyrrole nitrogens is 1. The zero-order chi connectivity index (χ0) is 17.2. The van der Waals surface area contributed by atoms with Crippen LogP contribution in [0.1, 0.15) is 24.2 Å². The lowest BCUT2D eigenvalue weighted by Gasteiger charge is -2.32. The Hall–Kier alpha value is -2.56. The van der Waals surface area contributed by atoms with E-state index < -0.39 is 0 Å². The first kappa shape index (κ1) is 15.9. The maximum Gasteiger partial charge on any atom is 0.227 e. The molecule has 3 aromatic rings. The highest BCUT2D eigenvalue weighted by atomic mass is 16.2. The van der Waals surface area contributed by atoms with Crippen LogP contribution >= 0.6 is 0 Å². The second-order valence-electron chi connectivity index (χ2n) is 7.04. The van der Waals surface area contributed by atoms with Gasteiger partial charge in [0.2, 0.25) is 5.91 Å². The van der Waals surface area contributed by atoms with Gasteiger partial charge >= 0.3 is 0 Å². The minimum atomic E-state index is 0.231. The molecule has 1 saturated heterocycles. The lowest BCUT2D eigenvalue weighted by molar-refractivity contribution is -0.132. The Bertz CT molecular complexity index is 879. The molecular weight excluding hydrogens is 312 g/mol. The van der Waals surface area contributed by atoms with Gasteiger partial charge in [-0.3, -0.25) is 4.79 Å². The summed E-state index contributed by atoms with van der Waals surface area (Å²) < 4.78 is 2.08. The third-order valence-electron chi connectivity index (χ3n) is 5.28. The summed E-state index contributed by atoms with van der Waals surface area (Å²) in [5.74, 6) is 1.84. The molecule has 0 aliphatic carbocycles. The Morgan fingerprint density at radius 2 is 2.24 bits per heavy atom. The number of amides is 1. The summed E-state index contributed by atoms with van der Waals surface area (Å²) in [7, 11) is 2.03. The van der Waals surface area contributed by atoms with Gasteiger partial charge in [-0.25, -0.2) is 4.98 Å². The Morgan fingerprint density at radius 1 is 1.36 bits per heavy atom. The van der Waals surface area contributed by atoms with E-state index in [2.05, 4.69) is 20.6 Å². The van der Waals surface area contributed by atoms with Crippen LogP contribution in [0.3, 0.4) is 0 Å². The normalized spacial score (nSPS) is 18.0. The fourth-order valence-electron chi connectivity index (χ4n) is 3.86. The summed E-state index contributed by atoms with van der Waals surface area (Å²) in [6.45, 7) is 1.71. The summed E-state index contributed by atoms with van der Waals surface area (Å²) in [4.78, 5) is 22.5. The number of hydrogen-bond acceptors (Lipinski definition) is 2. The third kappa shape index (κ3) is 3.31. The summed E-state index contributed by atoms with van der Waals surface area (Å²) >= 11 is 0. The van der Waals surface area contributed by atoms with Crippen molar-refractivity contribution in [1.82, 2.24) is 19.4 Å². The Labute approximate surface area is 147 Å². The van der Waals surface area contributed by atoms with Crippen LogP contribution in [0.25, 0.3) is 10.9 Å². The van der Waals surface area contributed by atoms with Crippen molar-refractivity contribution in [2.45, 2.75) is 25.7 Å². The molecule has 0 bridgehead atoms. The van der Waals surface area contributed by atoms with E-state index in [1.807, 2.05) is 48.7 Å². The predicted molar refractivity (Wildman–Crippen MR) is 98.2 cm³/mol. The van der Waals surface area contributed by atoms with Crippen molar-refractivity contribution in [1.29, 1.82) is 0 Å². The molecule has 0 saturated carbocycles. The van der Waals surface area contributed by atoms with Gasteiger partial charge in [-0.2, -0.15) is 0 Å². The SMILES string of the molecule is Cn1ccnc1CC1CCCN(C(=O)Cc2c[nH]c3ccccc23)C1. The van der Waals surface area contributed by atoms with Crippen LogP contribution in [0.5, 0.6) is 0 Å². The maximum atomic E-state index is 12.8. The molecule has 1 N–H and O–H groups in total. The number of piperidine rings is 1. The molecular formula is C20H24N4O. The number of aromatic amines is 1.